The normalized spacial score (nSPS) is 10.6. The average molecular weight is 404 g/mol. The fourth-order valence-electron chi connectivity index (χ4n) is 2.86. The number of aromatic carboxylic acids is 1. The number of halogens is 2. The standard InChI is InChI=1S/C20H18ClN3O2.ClH/c1-13-11-15(14(2)24(13)19-10-6-4-8-17(19)21)12-22-23-18-9-5-3-7-16(18)20(25)26;/h3-12,23H,1-2H3,(H,25,26);1H/b22-12+;. The summed E-state index contributed by atoms with van der Waals surface area (Å²) in [5, 5.41) is 14.1. The van der Waals surface area contributed by atoms with Gasteiger partial charge in [-0.15, -0.1) is 12.4 Å². The van der Waals surface area contributed by atoms with E-state index >= 15 is 0 Å². The fraction of sp³-hybridized carbons (Fsp3) is 0.100. The van der Waals surface area contributed by atoms with E-state index in [0.29, 0.717) is 10.7 Å². The van der Waals surface area contributed by atoms with Crippen LogP contribution in [-0.4, -0.2) is 21.9 Å². The molecule has 2 N–H and O–H groups in total. The number of hydrogen-bond acceptors (Lipinski definition) is 3. The predicted molar refractivity (Wildman–Crippen MR) is 112 cm³/mol. The van der Waals surface area contributed by atoms with E-state index in [1.807, 2.05) is 44.2 Å². The number of carbonyl (C=O) groups is 1. The summed E-state index contributed by atoms with van der Waals surface area (Å²) in [7, 11) is 0. The van der Waals surface area contributed by atoms with E-state index in [-0.39, 0.29) is 18.0 Å². The molecule has 0 spiro atoms. The highest BCUT2D eigenvalue weighted by molar-refractivity contribution is 6.32. The molecule has 0 atom stereocenters. The third-order valence-electron chi connectivity index (χ3n) is 4.11. The smallest absolute Gasteiger partial charge is 0.337 e. The Bertz CT molecular complexity index is 997. The van der Waals surface area contributed by atoms with Crippen molar-refractivity contribution < 1.29 is 9.90 Å². The number of carboxylic acid groups (broad SMARTS) is 1. The molecule has 0 radical (unpaired) electrons. The lowest BCUT2D eigenvalue weighted by Crippen LogP contribution is -2.02. The number of para-hydroxylation sites is 2. The third kappa shape index (κ3) is 4.32. The number of rotatable bonds is 5. The number of nitrogens with zero attached hydrogens (tertiary/aromatic N) is 2. The van der Waals surface area contributed by atoms with Crippen molar-refractivity contribution in [2.45, 2.75) is 13.8 Å². The van der Waals surface area contributed by atoms with Crippen molar-refractivity contribution in [2.24, 2.45) is 5.10 Å². The number of anilines is 1. The van der Waals surface area contributed by atoms with E-state index in [9.17, 15) is 9.90 Å². The summed E-state index contributed by atoms with van der Waals surface area (Å²) >= 11 is 6.32. The molecule has 140 valence electrons. The van der Waals surface area contributed by atoms with E-state index in [0.717, 1.165) is 22.6 Å². The monoisotopic (exact) mass is 403 g/mol. The summed E-state index contributed by atoms with van der Waals surface area (Å²) in [4.78, 5) is 11.2. The zero-order chi connectivity index (χ0) is 18.7. The highest BCUT2D eigenvalue weighted by Gasteiger charge is 2.12. The van der Waals surface area contributed by atoms with Crippen LogP contribution in [0.15, 0.2) is 59.7 Å². The predicted octanol–water partition coefficient (Wildman–Crippen LogP) is 5.31. The summed E-state index contributed by atoms with van der Waals surface area (Å²) in [5.41, 5.74) is 7.27. The number of hydrogen-bond donors (Lipinski definition) is 2. The molecule has 3 rings (SSSR count). The van der Waals surface area contributed by atoms with Crippen LogP contribution in [0.3, 0.4) is 0 Å². The molecule has 0 saturated heterocycles. The lowest BCUT2D eigenvalue weighted by atomic mass is 10.2. The summed E-state index contributed by atoms with van der Waals surface area (Å²) < 4.78 is 2.06. The van der Waals surface area contributed by atoms with Crippen LogP contribution in [0.2, 0.25) is 5.02 Å². The van der Waals surface area contributed by atoms with Crippen LogP contribution in [-0.2, 0) is 0 Å². The zero-order valence-corrected chi connectivity index (χ0v) is 16.4. The maximum absolute atomic E-state index is 11.2. The molecule has 2 aromatic carbocycles. The molecule has 0 amide bonds. The second-order valence-corrected chi connectivity index (χ2v) is 6.24. The summed E-state index contributed by atoms with van der Waals surface area (Å²) in [5.74, 6) is -1.000. The maximum atomic E-state index is 11.2. The summed E-state index contributed by atoms with van der Waals surface area (Å²) in [6.45, 7) is 3.99. The maximum Gasteiger partial charge on any atom is 0.337 e. The Labute approximate surface area is 168 Å². The van der Waals surface area contributed by atoms with Gasteiger partial charge in [-0.05, 0) is 44.2 Å². The molecule has 1 aromatic heterocycles. The quantitative estimate of drug-likeness (QED) is 0.447. The number of nitrogens with one attached hydrogen (secondary N) is 1. The summed E-state index contributed by atoms with van der Waals surface area (Å²) in [6.07, 6.45) is 1.67. The van der Waals surface area contributed by atoms with Crippen LogP contribution in [0.1, 0.15) is 27.3 Å². The third-order valence-corrected chi connectivity index (χ3v) is 4.43. The second kappa shape index (κ2) is 8.75. The van der Waals surface area contributed by atoms with Crippen LogP contribution in [0, 0.1) is 13.8 Å². The van der Waals surface area contributed by atoms with Gasteiger partial charge in [0.1, 0.15) is 0 Å². The van der Waals surface area contributed by atoms with Crippen molar-refractivity contribution in [3.8, 4) is 5.69 Å². The molecule has 5 nitrogen and oxygen atoms in total. The van der Waals surface area contributed by atoms with E-state index < -0.39 is 5.97 Å². The Hall–Kier alpha value is -2.76. The van der Waals surface area contributed by atoms with Crippen LogP contribution in [0.5, 0.6) is 0 Å². The molecule has 27 heavy (non-hydrogen) atoms. The second-order valence-electron chi connectivity index (χ2n) is 5.83. The van der Waals surface area contributed by atoms with Gasteiger partial charge in [-0.25, -0.2) is 4.79 Å². The van der Waals surface area contributed by atoms with Gasteiger partial charge in [-0.1, -0.05) is 35.9 Å². The van der Waals surface area contributed by atoms with Crippen molar-refractivity contribution in [1.29, 1.82) is 0 Å². The zero-order valence-electron chi connectivity index (χ0n) is 14.8. The highest BCUT2D eigenvalue weighted by atomic mass is 35.5. The van der Waals surface area contributed by atoms with Crippen molar-refractivity contribution in [3.63, 3.8) is 0 Å². The van der Waals surface area contributed by atoms with E-state index in [1.165, 1.54) is 6.07 Å². The first-order valence-electron chi connectivity index (χ1n) is 8.04. The van der Waals surface area contributed by atoms with Gasteiger partial charge in [-0.2, -0.15) is 5.10 Å². The van der Waals surface area contributed by atoms with Crippen molar-refractivity contribution >= 4 is 41.9 Å². The lowest BCUT2D eigenvalue weighted by Gasteiger charge is -2.11. The van der Waals surface area contributed by atoms with E-state index in [1.54, 1.807) is 24.4 Å². The fourth-order valence-corrected chi connectivity index (χ4v) is 3.08. The molecule has 0 fully saturated rings. The minimum Gasteiger partial charge on any atom is -0.478 e. The Morgan fingerprint density at radius 2 is 1.81 bits per heavy atom. The minimum absolute atomic E-state index is 0. The molecule has 0 aliphatic carbocycles. The molecule has 1 heterocycles. The van der Waals surface area contributed by atoms with E-state index in [4.69, 9.17) is 11.6 Å². The Morgan fingerprint density at radius 1 is 1.15 bits per heavy atom. The largest absolute Gasteiger partial charge is 0.478 e. The molecule has 7 heteroatoms. The van der Waals surface area contributed by atoms with Crippen LogP contribution >= 0.6 is 24.0 Å². The first-order valence-corrected chi connectivity index (χ1v) is 8.42. The molecule has 0 aliphatic heterocycles. The van der Waals surface area contributed by atoms with Gasteiger partial charge < -0.3 is 9.67 Å². The Kier molecular flexibility index (Phi) is 6.66. The number of aromatic nitrogens is 1. The van der Waals surface area contributed by atoms with Gasteiger partial charge in [0.15, 0.2) is 0 Å². The van der Waals surface area contributed by atoms with Crippen LogP contribution in [0.4, 0.5) is 5.69 Å². The van der Waals surface area contributed by atoms with Gasteiger partial charge in [0.2, 0.25) is 0 Å². The van der Waals surface area contributed by atoms with E-state index in [2.05, 4.69) is 15.1 Å². The molecule has 3 aromatic rings. The van der Waals surface area contributed by atoms with Crippen molar-refractivity contribution in [3.05, 3.63) is 82.1 Å². The number of aryl methyl sites for hydroxylation is 1. The first kappa shape index (κ1) is 20.6. The van der Waals surface area contributed by atoms with Gasteiger partial charge in [0, 0.05) is 17.0 Å². The molecule has 0 bridgehead atoms. The Balaban J connectivity index is 0.00000261. The molecule has 0 aliphatic rings. The highest BCUT2D eigenvalue weighted by Crippen LogP contribution is 2.25. The molecule has 0 saturated carbocycles. The van der Waals surface area contributed by atoms with Crippen molar-refractivity contribution in [2.75, 3.05) is 5.43 Å². The average Bonchev–Trinajstić information content (AvgIpc) is 2.90. The first-order chi connectivity index (χ1) is 12.5. The molecular formula is C20H19Cl2N3O2. The number of benzene rings is 2. The minimum atomic E-state index is -1.000. The van der Waals surface area contributed by atoms with Gasteiger partial charge >= 0.3 is 5.97 Å². The Morgan fingerprint density at radius 3 is 2.52 bits per heavy atom. The molecular weight excluding hydrogens is 385 g/mol. The lowest BCUT2D eigenvalue weighted by molar-refractivity contribution is 0.0698. The van der Waals surface area contributed by atoms with Gasteiger partial charge in [0.05, 0.1) is 28.2 Å². The number of hydrazone groups is 1. The van der Waals surface area contributed by atoms with Gasteiger partial charge in [0.25, 0.3) is 0 Å². The van der Waals surface area contributed by atoms with Crippen LogP contribution in [0.25, 0.3) is 5.69 Å². The summed E-state index contributed by atoms with van der Waals surface area (Å²) in [6, 6.07) is 16.3. The molecule has 0 unspecified atom stereocenters. The number of carboxylic acids is 1. The van der Waals surface area contributed by atoms with Crippen LogP contribution < -0.4 is 5.43 Å². The SMILES string of the molecule is Cc1cc(/C=N/Nc2ccccc2C(=O)O)c(C)n1-c1ccccc1Cl.Cl. The van der Waals surface area contributed by atoms with Gasteiger partial charge in [-0.3, -0.25) is 5.43 Å². The topological polar surface area (TPSA) is 66.6 Å². The van der Waals surface area contributed by atoms with Crippen molar-refractivity contribution in [1.82, 2.24) is 4.57 Å².